The Kier molecular flexibility index (Phi) is 5.46. The highest BCUT2D eigenvalue weighted by Gasteiger charge is 2.22. The van der Waals surface area contributed by atoms with Crippen molar-refractivity contribution in [1.82, 2.24) is 5.32 Å². The van der Waals surface area contributed by atoms with E-state index in [4.69, 9.17) is 40.2 Å². The summed E-state index contributed by atoms with van der Waals surface area (Å²) < 4.78 is 6.18. The van der Waals surface area contributed by atoms with Gasteiger partial charge in [-0.25, -0.2) is 0 Å². The van der Waals surface area contributed by atoms with E-state index < -0.39 is 0 Å². The lowest BCUT2D eigenvalue weighted by Crippen LogP contribution is -2.17. The molecule has 0 aliphatic carbocycles. The zero-order valence-electron chi connectivity index (χ0n) is 12.2. The van der Waals surface area contributed by atoms with Crippen molar-refractivity contribution in [2.24, 2.45) is 0 Å². The van der Waals surface area contributed by atoms with Crippen LogP contribution in [-0.4, -0.2) is 10.2 Å². The van der Waals surface area contributed by atoms with E-state index in [9.17, 15) is 4.79 Å². The molecular formula is C17H11Cl2NO2S2. The van der Waals surface area contributed by atoms with Crippen molar-refractivity contribution < 1.29 is 9.53 Å². The van der Waals surface area contributed by atoms with E-state index in [2.05, 4.69) is 5.32 Å². The predicted octanol–water partition coefficient (Wildman–Crippen LogP) is 5.06. The zero-order chi connectivity index (χ0) is 17.1. The van der Waals surface area contributed by atoms with Gasteiger partial charge in [-0.1, -0.05) is 71.4 Å². The molecular weight excluding hydrogens is 385 g/mol. The van der Waals surface area contributed by atoms with Crippen LogP contribution in [0.25, 0.3) is 6.08 Å². The third-order valence-electron chi connectivity index (χ3n) is 3.24. The molecule has 0 atom stereocenters. The summed E-state index contributed by atoms with van der Waals surface area (Å²) in [6, 6.07) is 12.8. The number of benzene rings is 2. The standard InChI is InChI=1S/C17H11Cl2NO2S2/c18-12-4-2-1-3-11(12)9-22-14-6-5-10(7-13(14)19)8-15-16(21)20-17(23)24-15/h1-8H,9H2,(H,20,21,23). The minimum absolute atomic E-state index is 0.194. The fourth-order valence-corrected chi connectivity index (χ4v) is 3.55. The summed E-state index contributed by atoms with van der Waals surface area (Å²) in [6.07, 6.45) is 1.74. The lowest BCUT2D eigenvalue weighted by molar-refractivity contribution is -0.115. The maximum atomic E-state index is 11.7. The summed E-state index contributed by atoms with van der Waals surface area (Å²) in [6.45, 7) is 0.326. The van der Waals surface area contributed by atoms with Gasteiger partial charge >= 0.3 is 0 Å². The first kappa shape index (κ1) is 17.3. The highest BCUT2D eigenvalue weighted by atomic mass is 35.5. The number of hydrogen-bond donors (Lipinski definition) is 1. The Labute approximate surface area is 159 Å². The average molecular weight is 396 g/mol. The molecule has 1 N–H and O–H groups in total. The second-order valence-electron chi connectivity index (χ2n) is 4.92. The second-order valence-corrected chi connectivity index (χ2v) is 7.46. The highest BCUT2D eigenvalue weighted by Crippen LogP contribution is 2.30. The molecule has 0 radical (unpaired) electrons. The minimum atomic E-state index is -0.194. The van der Waals surface area contributed by atoms with Gasteiger partial charge in [0, 0.05) is 10.6 Å². The molecule has 1 saturated heterocycles. The van der Waals surface area contributed by atoms with Gasteiger partial charge in [-0.15, -0.1) is 0 Å². The number of thiocarbonyl (C=S) groups is 1. The lowest BCUT2D eigenvalue weighted by atomic mass is 10.2. The molecule has 0 spiro atoms. The summed E-state index contributed by atoms with van der Waals surface area (Å²) in [4.78, 5) is 12.2. The molecule has 122 valence electrons. The number of thioether (sulfide) groups is 1. The SMILES string of the molecule is O=C1NC(=S)SC1=Cc1ccc(OCc2ccccc2Cl)c(Cl)c1. The van der Waals surface area contributed by atoms with Crippen molar-refractivity contribution >= 4 is 63.5 Å². The Morgan fingerprint density at radius 2 is 1.96 bits per heavy atom. The number of carbonyl (C=O) groups excluding carboxylic acids is 1. The number of nitrogens with one attached hydrogen (secondary N) is 1. The minimum Gasteiger partial charge on any atom is -0.487 e. The van der Waals surface area contributed by atoms with E-state index in [0.29, 0.717) is 31.6 Å². The van der Waals surface area contributed by atoms with Crippen LogP contribution in [0.1, 0.15) is 11.1 Å². The maximum absolute atomic E-state index is 11.7. The summed E-state index contributed by atoms with van der Waals surface area (Å²) in [5.74, 6) is 0.359. The van der Waals surface area contributed by atoms with Gasteiger partial charge in [-0.05, 0) is 29.8 Å². The van der Waals surface area contributed by atoms with Crippen LogP contribution in [0.15, 0.2) is 47.4 Å². The molecule has 0 saturated carbocycles. The molecule has 1 heterocycles. The average Bonchev–Trinajstić information content (AvgIpc) is 2.85. The second kappa shape index (κ2) is 7.57. The third-order valence-corrected chi connectivity index (χ3v) is 5.06. The third kappa shape index (κ3) is 4.11. The molecule has 3 nitrogen and oxygen atoms in total. The molecule has 3 rings (SSSR count). The molecule has 2 aromatic carbocycles. The fraction of sp³-hybridized carbons (Fsp3) is 0.0588. The summed E-state index contributed by atoms with van der Waals surface area (Å²) >= 11 is 18.6. The van der Waals surface area contributed by atoms with Crippen LogP contribution in [0.2, 0.25) is 10.0 Å². The number of carbonyl (C=O) groups is 1. The van der Waals surface area contributed by atoms with Crippen molar-refractivity contribution in [2.45, 2.75) is 6.61 Å². The van der Waals surface area contributed by atoms with Crippen molar-refractivity contribution in [3.05, 3.63) is 68.5 Å². The molecule has 2 aromatic rings. The number of rotatable bonds is 4. The summed E-state index contributed by atoms with van der Waals surface area (Å²) in [5, 5.41) is 3.68. The van der Waals surface area contributed by atoms with E-state index >= 15 is 0 Å². The van der Waals surface area contributed by atoms with Crippen molar-refractivity contribution in [3.63, 3.8) is 0 Å². The maximum Gasteiger partial charge on any atom is 0.263 e. The van der Waals surface area contributed by atoms with Gasteiger partial charge in [0.25, 0.3) is 5.91 Å². The molecule has 24 heavy (non-hydrogen) atoms. The van der Waals surface area contributed by atoms with Crippen LogP contribution in [-0.2, 0) is 11.4 Å². The summed E-state index contributed by atoms with van der Waals surface area (Å²) in [5.41, 5.74) is 1.68. The molecule has 0 bridgehead atoms. The highest BCUT2D eigenvalue weighted by molar-refractivity contribution is 8.26. The lowest BCUT2D eigenvalue weighted by Gasteiger charge is -2.10. The van der Waals surface area contributed by atoms with Crippen LogP contribution in [0.4, 0.5) is 0 Å². The van der Waals surface area contributed by atoms with Gasteiger partial charge in [0.1, 0.15) is 16.7 Å². The van der Waals surface area contributed by atoms with Gasteiger partial charge in [-0.3, -0.25) is 4.79 Å². The molecule has 7 heteroatoms. The first-order valence-corrected chi connectivity index (χ1v) is 8.91. The van der Waals surface area contributed by atoms with Crippen LogP contribution in [0, 0.1) is 0 Å². The number of amides is 1. The number of halogens is 2. The van der Waals surface area contributed by atoms with E-state index in [1.807, 2.05) is 30.3 Å². The van der Waals surface area contributed by atoms with Crippen LogP contribution < -0.4 is 10.1 Å². The van der Waals surface area contributed by atoms with E-state index in [0.717, 1.165) is 11.1 Å². The van der Waals surface area contributed by atoms with Crippen molar-refractivity contribution in [1.29, 1.82) is 0 Å². The predicted molar refractivity (Wildman–Crippen MR) is 104 cm³/mol. The molecule has 1 amide bonds. The van der Waals surface area contributed by atoms with Gasteiger partial charge in [0.15, 0.2) is 0 Å². The van der Waals surface area contributed by atoms with Crippen LogP contribution in [0.5, 0.6) is 5.75 Å². The van der Waals surface area contributed by atoms with Crippen LogP contribution >= 0.6 is 47.2 Å². The smallest absolute Gasteiger partial charge is 0.263 e. The Balaban J connectivity index is 1.73. The number of ether oxygens (including phenoxy) is 1. The molecule has 1 aliphatic rings. The molecule has 0 unspecified atom stereocenters. The quantitative estimate of drug-likeness (QED) is 0.579. The van der Waals surface area contributed by atoms with E-state index in [1.165, 1.54) is 11.8 Å². The molecule has 1 fully saturated rings. The Morgan fingerprint density at radius 3 is 2.62 bits per heavy atom. The largest absolute Gasteiger partial charge is 0.487 e. The van der Waals surface area contributed by atoms with E-state index in [1.54, 1.807) is 18.2 Å². The van der Waals surface area contributed by atoms with Gasteiger partial charge in [0.2, 0.25) is 0 Å². The van der Waals surface area contributed by atoms with Gasteiger partial charge in [-0.2, -0.15) is 0 Å². The zero-order valence-corrected chi connectivity index (χ0v) is 15.4. The fourth-order valence-electron chi connectivity index (χ4n) is 2.07. The van der Waals surface area contributed by atoms with Crippen molar-refractivity contribution in [2.75, 3.05) is 0 Å². The first-order valence-electron chi connectivity index (χ1n) is 6.93. The first-order chi connectivity index (χ1) is 11.5. The monoisotopic (exact) mass is 395 g/mol. The molecule has 0 aromatic heterocycles. The topological polar surface area (TPSA) is 38.3 Å². The van der Waals surface area contributed by atoms with Crippen molar-refractivity contribution in [3.8, 4) is 5.75 Å². The number of hydrogen-bond acceptors (Lipinski definition) is 4. The normalized spacial score (nSPS) is 15.7. The van der Waals surface area contributed by atoms with Crippen LogP contribution in [0.3, 0.4) is 0 Å². The Hall–Kier alpha value is -1.53. The van der Waals surface area contributed by atoms with Gasteiger partial charge < -0.3 is 10.1 Å². The Morgan fingerprint density at radius 1 is 1.17 bits per heavy atom. The van der Waals surface area contributed by atoms with E-state index in [-0.39, 0.29) is 5.91 Å². The molecule has 1 aliphatic heterocycles. The summed E-state index contributed by atoms with van der Waals surface area (Å²) in [7, 11) is 0. The van der Waals surface area contributed by atoms with Gasteiger partial charge in [0.05, 0.1) is 9.93 Å². The Bertz CT molecular complexity index is 852.